The Morgan fingerprint density at radius 1 is 1.06 bits per heavy atom. The van der Waals surface area contributed by atoms with Crippen molar-refractivity contribution in [3.63, 3.8) is 0 Å². The number of anilines is 3. The number of benzene rings is 2. The number of amides is 1. The summed E-state index contributed by atoms with van der Waals surface area (Å²) in [6.07, 6.45) is 6.87. The lowest BCUT2D eigenvalue weighted by Gasteiger charge is -2.19. The van der Waals surface area contributed by atoms with Gasteiger partial charge in [-0.1, -0.05) is 12.6 Å². The standard InChI is InChI=1S/C28H23N7O/c1-16-9-20(4-3-19(16)10-18-7-8-34-26(11-18)30-15-32-34)33-27-23-12-21(5-6-24(23)29-14-31-27)35-25-13-22(25)17(2)28(35)36/h3-9,11-12,14-15,22,25H,2,10,13H2,1H3,(H,29,31,33)/t22-,25-/m0/s1. The van der Waals surface area contributed by atoms with Gasteiger partial charge in [0.2, 0.25) is 0 Å². The summed E-state index contributed by atoms with van der Waals surface area (Å²) in [6, 6.07) is 16.6. The molecule has 176 valence electrons. The Morgan fingerprint density at radius 2 is 1.97 bits per heavy atom. The van der Waals surface area contributed by atoms with Crippen LogP contribution >= 0.6 is 0 Å². The molecule has 0 bridgehead atoms. The molecule has 3 aromatic heterocycles. The molecule has 5 aromatic rings. The maximum atomic E-state index is 12.7. The number of nitrogens with zero attached hydrogens (tertiary/aromatic N) is 6. The van der Waals surface area contributed by atoms with Crippen LogP contribution in [-0.2, 0) is 11.2 Å². The first kappa shape index (κ1) is 20.8. The van der Waals surface area contributed by atoms with Crippen LogP contribution in [0, 0.1) is 12.8 Å². The third-order valence-electron chi connectivity index (χ3n) is 7.27. The monoisotopic (exact) mass is 473 g/mol. The van der Waals surface area contributed by atoms with Crippen molar-refractivity contribution in [3.05, 3.63) is 96.2 Å². The first-order valence-corrected chi connectivity index (χ1v) is 12.0. The van der Waals surface area contributed by atoms with Gasteiger partial charge in [0.1, 0.15) is 18.5 Å². The molecule has 1 saturated heterocycles. The number of nitrogens with one attached hydrogen (secondary N) is 1. The molecule has 7 rings (SSSR count). The minimum atomic E-state index is 0.0244. The SMILES string of the molecule is C=C1C(=O)N(c2ccc3ncnc(Nc4ccc(Cc5ccn6ncnc6c5)c(C)c4)c3c2)[C@H]2C[C@@H]12. The van der Waals surface area contributed by atoms with Crippen molar-refractivity contribution in [2.75, 3.05) is 10.2 Å². The van der Waals surface area contributed by atoms with E-state index in [0.717, 1.165) is 46.3 Å². The van der Waals surface area contributed by atoms with Crippen molar-refractivity contribution in [1.82, 2.24) is 24.6 Å². The Bertz CT molecular complexity index is 1710. The molecule has 2 atom stereocenters. The first-order chi connectivity index (χ1) is 17.5. The van der Waals surface area contributed by atoms with Crippen molar-refractivity contribution in [1.29, 1.82) is 0 Å². The van der Waals surface area contributed by atoms with Gasteiger partial charge in [0.05, 0.1) is 5.52 Å². The van der Waals surface area contributed by atoms with E-state index in [1.165, 1.54) is 16.7 Å². The van der Waals surface area contributed by atoms with Crippen molar-refractivity contribution in [2.24, 2.45) is 5.92 Å². The summed E-state index contributed by atoms with van der Waals surface area (Å²) in [7, 11) is 0. The predicted octanol–water partition coefficient (Wildman–Crippen LogP) is 4.61. The van der Waals surface area contributed by atoms with Crippen LogP contribution in [0.4, 0.5) is 17.2 Å². The van der Waals surface area contributed by atoms with E-state index in [-0.39, 0.29) is 11.9 Å². The summed E-state index contributed by atoms with van der Waals surface area (Å²) >= 11 is 0. The summed E-state index contributed by atoms with van der Waals surface area (Å²) < 4.78 is 1.76. The second-order valence-electron chi connectivity index (χ2n) is 9.57. The molecule has 8 nitrogen and oxygen atoms in total. The number of aryl methyl sites for hydroxylation is 1. The molecule has 0 radical (unpaired) electrons. The second kappa shape index (κ2) is 7.71. The minimum Gasteiger partial charge on any atom is -0.340 e. The molecular formula is C28H23N7O. The van der Waals surface area contributed by atoms with E-state index in [2.05, 4.69) is 69.2 Å². The van der Waals surface area contributed by atoms with Crippen LogP contribution < -0.4 is 10.2 Å². The van der Waals surface area contributed by atoms with Crippen molar-refractivity contribution < 1.29 is 4.79 Å². The number of aromatic nitrogens is 5. The number of hydrogen-bond acceptors (Lipinski definition) is 6. The van der Waals surface area contributed by atoms with Gasteiger partial charge in [-0.15, -0.1) is 0 Å². The van der Waals surface area contributed by atoms with Gasteiger partial charge in [-0.2, -0.15) is 5.10 Å². The largest absolute Gasteiger partial charge is 0.340 e. The van der Waals surface area contributed by atoms with Gasteiger partial charge in [-0.3, -0.25) is 4.79 Å². The maximum absolute atomic E-state index is 12.7. The zero-order valence-corrected chi connectivity index (χ0v) is 19.7. The smallest absolute Gasteiger partial charge is 0.254 e. The lowest BCUT2D eigenvalue weighted by atomic mass is 10.0. The summed E-state index contributed by atoms with van der Waals surface area (Å²) in [5.74, 6) is 1.04. The van der Waals surface area contributed by atoms with Gasteiger partial charge in [0.25, 0.3) is 5.91 Å². The second-order valence-corrected chi connectivity index (χ2v) is 9.57. The van der Waals surface area contributed by atoms with Crippen LogP contribution in [0.15, 0.2) is 79.5 Å². The van der Waals surface area contributed by atoms with Gasteiger partial charge in [0.15, 0.2) is 5.65 Å². The first-order valence-electron chi connectivity index (χ1n) is 12.0. The lowest BCUT2D eigenvalue weighted by Crippen LogP contribution is -2.28. The molecule has 8 heteroatoms. The molecule has 1 aliphatic heterocycles. The van der Waals surface area contributed by atoms with Gasteiger partial charge in [0, 0.05) is 40.5 Å². The highest BCUT2D eigenvalue weighted by molar-refractivity contribution is 6.11. The van der Waals surface area contributed by atoms with Crippen LogP contribution in [0.2, 0.25) is 0 Å². The molecule has 1 saturated carbocycles. The number of carbonyl (C=O) groups is 1. The Kier molecular flexibility index (Phi) is 4.44. The summed E-state index contributed by atoms with van der Waals surface area (Å²) in [4.78, 5) is 27.8. The molecule has 2 aliphatic rings. The van der Waals surface area contributed by atoms with Gasteiger partial charge in [-0.25, -0.2) is 19.5 Å². The topological polar surface area (TPSA) is 88.3 Å². The van der Waals surface area contributed by atoms with E-state index in [4.69, 9.17) is 0 Å². The molecule has 0 spiro atoms. The fourth-order valence-electron chi connectivity index (χ4n) is 5.20. The predicted molar refractivity (Wildman–Crippen MR) is 138 cm³/mol. The third-order valence-corrected chi connectivity index (χ3v) is 7.27. The number of hydrogen-bond donors (Lipinski definition) is 1. The van der Waals surface area contributed by atoms with Crippen LogP contribution in [-0.4, -0.2) is 36.5 Å². The number of carbonyl (C=O) groups excluding carboxylic acids is 1. The highest BCUT2D eigenvalue weighted by Crippen LogP contribution is 2.50. The summed E-state index contributed by atoms with van der Waals surface area (Å²) in [5.41, 5.74) is 7.81. The number of rotatable bonds is 5. The number of pyridine rings is 1. The van der Waals surface area contributed by atoms with E-state index in [1.807, 2.05) is 29.3 Å². The van der Waals surface area contributed by atoms with E-state index >= 15 is 0 Å². The molecule has 36 heavy (non-hydrogen) atoms. The highest BCUT2D eigenvalue weighted by atomic mass is 16.2. The average Bonchev–Trinajstić information content (AvgIpc) is 3.44. The van der Waals surface area contributed by atoms with Crippen molar-refractivity contribution >= 4 is 39.6 Å². The van der Waals surface area contributed by atoms with Crippen LogP contribution in [0.5, 0.6) is 0 Å². The molecule has 4 heterocycles. The Hall–Kier alpha value is -4.59. The molecule has 1 aliphatic carbocycles. The third kappa shape index (κ3) is 3.33. The normalized spacial score (nSPS) is 18.8. The Labute approximate surface area is 207 Å². The minimum absolute atomic E-state index is 0.0244. The number of piperidine rings is 1. The Balaban J connectivity index is 1.17. The van der Waals surface area contributed by atoms with Gasteiger partial charge in [-0.05, 0) is 78.9 Å². The summed E-state index contributed by atoms with van der Waals surface area (Å²) in [5, 5.41) is 8.50. The zero-order valence-electron chi connectivity index (χ0n) is 19.7. The average molecular weight is 474 g/mol. The van der Waals surface area contributed by atoms with E-state index < -0.39 is 0 Å². The van der Waals surface area contributed by atoms with E-state index in [1.54, 1.807) is 17.2 Å². The van der Waals surface area contributed by atoms with Crippen molar-refractivity contribution in [2.45, 2.75) is 25.8 Å². The zero-order chi connectivity index (χ0) is 24.4. The van der Waals surface area contributed by atoms with Crippen molar-refractivity contribution in [3.8, 4) is 0 Å². The molecule has 0 unspecified atom stereocenters. The molecule has 2 fully saturated rings. The fraction of sp³-hybridized carbons (Fsp3) is 0.179. The van der Waals surface area contributed by atoms with Crippen LogP contribution in [0.1, 0.15) is 23.1 Å². The molecule has 2 aromatic carbocycles. The van der Waals surface area contributed by atoms with E-state index in [9.17, 15) is 4.79 Å². The maximum Gasteiger partial charge on any atom is 0.254 e. The van der Waals surface area contributed by atoms with Gasteiger partial charge >= 0.3 is 0 Å². The van der Waals surface area contributed by atoms with Crippen LogP contribution in [0.3, 0.4) is 0 Å². The molecule has 1 N–H and O–H groups in total. The number of fused-ring (bicyclic) bond motifs is 3. The molecule has 1 amide bonds. The lowest BCUT2D eigenvalue weighted by molar-refractivity contribution is -0.114. The van der Waals surface area contributed by atoms with E-state index in [0.29, 0.717) is 11.7 Å². The molecular weight excluding hydrogens is 450 g/mol. The quantitative estimate of drug-likeness (QED) is 0.375. The van der Waals surface area contributed by atoms with Crippen LogP contribution in [0.25, 0.3) is 16.6 Å². The summed E-state index contributed by atoms with van der Waals surface area (Å²) in [6.45, 7) is 6.10. The fourth-order valence-corrected chi connectivity index (χ4v) is 5.20. The highest BCUT2D eigenvalue weighted by Gasteiger charge is 2.54. The van der Waals surface area contributed by atoms with Gasteiger partial charge < -0.3 is 10.2 Å². The Morgan fingerprint density at radius 3 is 2.81 bits per heavy atom.